The Morgan fingerprint density at radius 1 is 1.19 bits per heavy atom. The van der Waals surface area contributed by atoms with Crippen molar-refractivity contribution >= 4 is 29.5 Å². The molecule has 1 saturated carbocycles. The molecule has 3 aliphatic rings. The first-order valence-corrected chi connectivity index (χ1v) is 12.0. The van der Waals surface area contributed by atoms with Gasteiger partial charge < -0.3 is 15.5 Å². The van der Waals surface area contributed by atoms with Gasteiger partial charge in [0, 0.05) is 13.1 Å². The summed E-state index contributed by atoms with van der Waals surface area (Å²) in [5.41, 5.74) is 0.842. The molecule has 1 aliphatic carbocycles. The molecule has 0 spiro atoms. The van der Waals surface area contributed by atoms with Crippen molar-refractivity contribution in [1.29, 1.82) is 0 Å². The average Bonchev–Trinajstić information content (AvgIpc) is 3.14. The summed E-state index contributed by atoms with van der Waals surface area (Å²) >= 11 is 0. The molecule has 0 aromatic heterocycles. The molecule has 10 nitrogen and oxygen atoms in total. The van der Waals surface area contributed by atoms with Crippen LogP contribution in [0.1, 0.15) is 41.0 Å². The smallest absolute Gasteiger partial charge is 0.356 e. The second-order valence-corrected chi connectivity index (χ2v) is 11.5. The van der Waals surface area contributed by atoms with Gasteiger partial charge in [-0.25, -0.2) is 4.39 Å². The van der Waals surface area contributed by atoms with Crippen LogP contribution in [-0.4, -0.2) is 84.0 Å². The van der Waals surface area contributed by atoms with Gasteiger partial charge >= 0.3 is 12.1 Å². The van der Waals surface area contributed by atoms with Crippen LogP contribution < -0.4 is 16.1 Å². The van der Waals surface area contributed by atoms with Gasteiger partial charge in [-0.15, -0.1) is 0 Å². The van der Waals surface area contributed by atoms with E-state index < -0.39 is 59.9 Å². The van der Waals surface area contributed by atoms with Crippen LogP contribution in [-0.2, 0) is 24.0 Å². The minimum absolute atomic E-state index is 0.0607. The van der Waals surface area contributed by atoms with Gasteiger partial charge in [0.15, 0.2) is 6.67 Å². The van der Waals surface area contributed by atoms with Gasteiger partial charge in [0.1, 0.15) is 12.1 Å². The van der Waals surface area contributed by atoms with Gasteiger partial charge in [-0.3, -0.25) is 34.4 Å². The number of piperidine rings is 1. The van der Waals surface area contributed by atoms with Crippen molar-refractivity contribution in [2.24, 2.45) is 28.6 Å². The van der Waals surface area contributed by atoms with Crippen LogP contribution in [0.2, 0.25) is 0 Å². The molecule has 2 heterocycles. The summed E-state index contributed by atoms with van der Waals surface area (Å²) < 4.78 is 52.2. The molecule has 0 aromatic rings. The van der Waals surface area contributed by atoms with E-state index in [-0.39, 0.29) is 36.2 Å². The summed E-state index contributed by atoms with van der Waals surface area (Å²) in [5, 5.41) is 5.07. The van der Waals surface area contributed by atoms with Crippen molar-refractivity contribution in [2.45, 2.75) is 59.3 Å². The highest BCUT2D eigenvalue weighted by Crippen LogP contribution is 2.65. The number of fused-ring (bicyclic) bond motifs is 1. The number of halogens is 4. The number of nitrogens with zero attached hydrogens (tertiary/aromatic N) is 2. The highest BCUT2D eigenvalue weighted by Gasteiger charge is 2.70. The minimum atomic E-state index is -5.21. The van der Waals surface area contributed by atoms with E-state index in [1.54, 1.807) is 5.32 Å². The van der Waals surface area contributed by atoms with Crippen LogP contribution >= 0.6 is 0 Å². The first-order chi connectivity index (χ1) is 16.9. The zero-order valence-corrected chi connectivity index (χ0v) is 21.4. The summed E-state index contributed by atoms with van der Waals surface area (Å²) in [4.78, 5) is 63.9. The second-order valence-electron chi connectivity index (χ2n) is 11.5. The maximum Gasteiger partial charge on any atom is 0.471 e. The van der Waals surface area contributed by atoms with Gasteiger partial charge in [-0.1, -0.05) is 34.6 Å². The first-order valence-electron chi connectivity index (χ1n) is 12.0. The molecule has 2 saturated heterocycles. The lowest BCUT2D eigenvalue weighted by Crippen LogP contribution is -2.62. The number of hydrogen-bond donors (Lipinski definition) is 3. The Morgan fingerprint density at radius 2 is 1.81 bits per heavy atom. The number of hydrazine groups is 1. The normalized spacial score (nSPS) is 27.2. The molecule has 208 valence electrons. The number of hydrogen-bond acceptors (Lipinski definition) is 5. The van der Waals surface area contributed by atoms with Crippen LogP contribution in [0.25, 0.3) is 0 Å². The maximum atomic E-state index is 13.5. The predicted octanol–water partition coefficient (Wildman–Crippen LogP) is 0.528. The molecule has 3 rings (SSSR count). The lowest BCUT2D eigenvalue weighted by molar-refractivity contribution is -0.176. The Morgan fingerprint density at radius 3 is 2.30 bits per heavy atom. The van der Waals surface area contributed by atoms with Crippen molar-refractivity contribution in [3.63, 3.8) is 0 Å². The fourth-order valence-electron chi connectivity index (χ4n) is 5.36. The summed E-state index contributed by atoms with van der Waals surface area (Å²) in [6.45, 7) is 6.93. The lowest BCUT2D eigenvalue weighted by Gasteiger charge is -2.38. The average molecular weight is 536 g/mol. The van der Waals surface area contributed by atoms with Crippen molar-refractivity contribution in [3.8, 4) is 0 Å². The molecule has 3 fully saturated rings. The highest BCUT2D eigenvalue weighted by molar-refractivity contribution is 5.95. The van der Waals surface area contributed by atoms with Crippen molar-refractivity contribution < 1.29 is 41.5 Å². The predicted molar refractivity (Wildman–Crippen MR) is 121 cm³/mol. The highest BCUT2D eigenvalue weighted by atomic mass is 19.4. The van der Waals surface area contributed by atoms with E-state index in [1.807, 2.05) is 13.8 Å². The van der Waals surface area contributed by atoms with Crippen LogP contribution in [0.4, 0.5) is 17.6 Å². The molecule has 5 atom stereocenters. The van der Waals surface area contributed by atoms with E-state index in [4.69, 9.17) is 0 Å². The van der Waals surface area contributed by atoms with Crippen LogP contribution in [0.5, 0.6) is 0 Å². The second kappa shape index (κ2) is 9.75. The molecule has 14 heteroatoms. The fourth-order valence-corrected chi connectivity index (χ4v) is 5.36. The molecule has 0 unspecified atom stereocenters. The molecule has 37 heavy (non-hydrogen) atoms. The summed E-state index contributed by atoms with van der Waals surface area (Å²) in [6.07, 6.45) is -4.84. The van der Waals surface area contributed by atoms with E-state index in [2.05, 4.69) is 10.7 Å². The molecular formula is C23H33F4N5O5. The van der Waals surface area contributed by atoms with Gasteiger partial charge in [-0.2, -0.15) is 13.2 Å². The Labute approximate surface area is 211 Å². The Kier molecular flexibility index (Phi) is 7.54. The number of carbonyl (C=O) groups is 5. The van der Waals surface area contributed by atoms with E-state index in [9.17, 15) is 41.5 Å². The van der Waals surface area contributed by atoms with E-state index in [1.165, 1.54) is 20.8 Å². The standard InChI is InChI=1S/C23H33F4N5O5/c1-21(2,3)16(29-20(37)23(25,26)27)19(36)31-10-12-14(22(12,4)5)15(31)18(35)30-32(13(33)8-24)9-11-6-7-28-17(11)34/h11-12,14-16H,6-10H2,1-5H3,(H,28,34)(H,29,37)(H,30,35)/t11-,12-,14-,15-,16+/m0/s1. The lowest BCUT2D eigenvalue weighted by atomic mass is 9.85. The fraction of sp³-hybridized carbons (Fsp3) is 0.783. The third kappa shape index (κ3) is 5.66. The van der Waals surface area contributed by atoms with Gasteiger partial charge in [0.2, 0.25) is 11.8 Å². The Hall–Kier alpha value is -2.93. The summed E-state index contributed by atoms with van der Waals surface area (Å²) in [6, 6.07) is -2.77. The molecule has 5 amide bonds. The molecule has 0 radical (unpaired) electrons. The van der Waals surface area contributed by atoms with Crippen molar-refractivity contribution in [3.05, 3.63) is 0 Å². The van der Waals surface area contributed by atoms with E-state index in [0.717, 1.165) is 9.91 Å². The number of likely N-dealkylation sites (tertiary alicyclic amines) is 1. The summed E-state index contributed by atoms with van der Waals surface area (Å²) in [7, 11) is 0. The molecule has 3 N–H and O–H groups in total. The van der Waals surface area contributed by atoms with Crippen molar-refractivity contribution in [1.82, 2.24) is 26.0 Å². The minimum Gasteiger partial charge on any atom is -0.356 e. The molecular weight excluding hydrogens is 502 g/mol. The van der Waals surface area contributed by atoms with Gasteiger partial charge in [0.05, 0.1) is 12.5 Å². The van der Waals surface area contributed by atoms with Gasteiger partial charge in [0.25, 0.3) is 11.8 Å². The number of amides is 5. The van der Waals surface area contributed by atoms with E-state index in [0.29, 0.717) is 13.0 Å². The zero-order valence-electron chi connectivity index (χ0n) is 21.4. The number of alkyl halides is 4. The first kappa shape index (κ1) is 28.6. The number of nitrogens with one attached hydrogen (secondary N) is 3. The largest absolute Gasteiger partial charge is 0.471 e. The van der Waals surface area contributed by atoms with Crippen LogP contribution in [0, 0.1) is 28.6 Å². The molecule has 2 aliphatic heterocycles. The SMILES string of the molecule is CC(C)(C)[C@H](NC(=O)C(F)(F)F)C(=O)N1C[C@H]2[C@@H]([C@H]1C(=O)NN(C[C@@H]1CCNC1=O)C(=O)CF)C2(C)C. The zero-order chi connectivity index (χ0) is 28.1. The third-order valence-electron chi connectivity index (χ3n) is 7.63. The molecule has 0 bridgehead atoms. The summed E-state index contributed by atoms with van der Waals surface area (Å²) in [5.74, 6) is -6.56. The topological polar surface area (TPSA) is 128 Å². The molecule has 0 aromatic carbocycles. The Balaban J connectivity index is 1.85. The maximum absolute atomic E-state index is 13.5. The van der Waals surface area contributed by atoms with Gasteiger partial charge in [-0.05, 0) is 29.1 Å². The third-order valence-corrected chi connectivity index (χ3v) is 7.63. The van der Waals surface area contributed by atoms with Crippen LogP contribution in [0.3, 0.4) is 0 Å². The quantitative estimate of drug-likeness (QED) is 0.338. The monoisotopic (exact) mass is 535 g/mol. The van der Waals surface area contributed by atoms with Crippen molar-refractivity contribution in [2.75, 3.05) is 26.3 Å². The number of rotatable bonds is 6. The number of carbonyl (C=O) groups excluding carboxylic acids is 5. The van der Waals surface area contributed by atoms with E-state index >= 15 is 0 Å². The Bertz CT molecular complexity index is 980. The van der Waals surface area contributed by atoms with Crippen LogP contribution in [0.15, 0.2) is 0 Å².